The van der Waals surface area contributed by atoms with Crippen LogP contribution in [0, 0.1) is 0 Å². The van der Waals surface area contributed by atoms with Crippen LogP contribution in [-0.2, 0) is 22.7 Å². The Bertz CT molecular complexity index is 1510. The van der Waals surface area contributed by atoms with Crippen LogP contribution in [0.25, 0.3) is 0 Å². The van der Waals surface area contributed by atoms with Gasteiger partial charge in [0.2, 0.25) is 0 Å². The zero-order chi connectivity index (χ0) is 33.6. The van der Waals surface area contributed by atoms with Crippen molar-refractivity contribution in [1.82, 2.24) is 24.9 Å². The molecule has 0 saturated heterocycles. The van der Waals surface area contributed by atoms with Crippen LogP contribution in [0.15, 0.2) is 122 Å². The van der Waals surface area contributed by atoms with Crippen LogP contribution < -0.4 is 0 Å². The molecule has 17 heteroatoms. The molecule has 0 aromatic carbocycles. The molecule has 0 spiro atoms. The van der Waals surface area contributed by atoms with Gasteiger partial charge in [-0.25, -0.2) is 29.3 Å². The van der Waals surface area contributed by atoms with Crippen molar-refractivity contribution >= 4 is 55.0 Å². The smallest absolute Gasteiger partial charge is 0 e. The summed E-state index contributed by atoms with van der Waals surface area (Å²) in [4.78, 5) is 71.9. The molecule has 5 rings (SSSR count). The van der Waals surface area contributed by atoms with Crippen molar-refractivity contribution < 1.29 is 62.0 Å². The number of hydrogen-bond acceptors (Lipinski definition) is 12. The van der Waals surface area contributed by atoms with Crippen LogP contribution in [0.1, 0.15) is 52.4 Å². The number of carbonyl (C=O) groups is 5. The Morgan fingerprint density at radius 1 is 0.426 bits per heavy atom. The third-order valence-electron chi connectivity index (χ3n) is 4.67. The normalized spacial score (nSPS) is 9.02. The molecule has 0 amide bonds. The summed E-state index contributed by atoms with van der Waals surface area (Å²) < 4.78 is 9.88. The molecule has 0 bridgehead atoms. The van der Waals surface area contributed by atoms with Gasteiger partial charge in [-0.15, -0.1) is 0 Å². The van der Waals surface area contributed by atoms with Gasteiger partial charge in [0, 0.05) is 36.0 Å². The Kier molecular flexibility index (Phi) is 19.3. The molecular weight excluding hydrogens is 850 g/mol. The number of nitrogens with zero attached hydrogens (tertiary/aromatic N) is 5. The summed E-state index contributed by atoms with van der Waals surface area (Å²) in [5.74, 6) is -4.11. The second kappa shape index (κ2) is 23.0. The van der Waals surface area contributed by atoms with Crippen molar-refractivity contribution in [3.63, 3.8) is 0 Å². The summed E-state index contributed by atoms with van der Waals surface area (Å²) in [7, 11) is 0. The summed E-state index contributed by atoms with van der Waals surface area (Å²) in [5, 5.41) is 25.0. The maximum absolute atomic E-state index is 11.5. The standard InChI is InChI=1S/5C6H5NO2.Cr.Pb/c5*8-6(9)5-3-1-2-4-7-5;;/h5*1-4H,(H,8,9);;/q;;;;;;+2/p-2. The first kappa shape index (κ1) is 39.6. The van der Waals surface area contributed by atoms with E-state index >= 15 is 0 Å². The minimum absolute atomic E-state index is 0. The number of carboxylic acid groups (broad SMARTS) is 3. The molecule has 5 heterocycles. The fourth-order valence-electron chi connectivity index (χ4n) is 2.64. The fourth-order valence-corrected chi connectivity index (χ4v) is 4.20. The number of pyridine rings is 5. The van der Waals surface area contributed by atoms with E-state index in [1.165, 1.54) is 61.3 Å². The van der Waals surface area contributed by atoms with Crippen molar-refractivity contribution in [1.29, 1.82) is 0 Å². The predicted octanol–water partition coefficient (Wildman–Crippen LogP) is 3.36. The molecule has 5 aromatic heterocycles. The molecule has 5 aromatic rings. The monoisotopic (exact) mass is 873 g/mol. The molecule has 47 heavy (non-hydrogen) atoms. The molecule has 0 aliphatic heterocycles. The largest absolute Gasteiger partial charge is 0 e. The van der Waals surface area contributed by atoms with Gasteiger partial charge in [0.15, 0.2) is 0 Å². The van der Waals surface area contributed by atoms with Crippen LogP contribution in [0.4, 0.5) is 0 Å². The molecule has 0 fully saturated rings. The van der Waals surface area contributed by atoms with E-state index in [0.29, 0.717) is 0 Å². The molecule has 0 aliphatic carbocycles. The molecule has 0 atom stereocenters. The number of carboxylic acids is 3. The maximum atomic E-state index is 11.5. The van der Waals surface area contributed by atoms with Crippen LogP contribution in [0.3, 0.4) is 0 Å². The van der Waals surface area contributed by atoms with Crippen molar-refractivity contribution in [2.24, 2.45) is 0 Å². The molecule has 15 nitrogen and oxygen atoms in total. The van der Waals surface area contributed by atoms with Crippen molar-refractivity contribution in [3.8, 4) is 0 Å². The SMILES string of the molecule is O=C(O)c1ccccn1.O=C(O)c1ccccn1.O=C(O)c1ccccn1.O=C([O][Pb][O]C(=O)c1ccccn1)c1ccccn1.[Cr]. The van der Waals surface area contributed by atoms with E-state index in [2.05, 4.69) is 24.9 Å². The molecule has 238 valence electrons. The topological polar surface area (TPSA) is 229 Å². The van der Waals surface area contributed by atoms with Gasteiger partial charge in [0.1, 0.15) is 17.1 Å². The zero-order valence-corrected chi connectivity index (χ0v) is 29.1. The van der Waals surface area contributed by atoms with E-state index in [9.17, 15) is 24.0 Å². The van der Waals surface area contributed by atoms with Crippen LogP contribution in [0.2, 0.25) is 0 Å². The molecule has 0 unspecified atom stereocenters. The molecule has 0 saturated carbocycles. The van der Waals surface area contributed by atoms with Crippen LogP contribution in [0.5, 0.6) is 0 Å². The van der Waals surface area contributed by atoms with Gasteiger partial charge >= 0.3 is 140 Å². The minimum atomic E-state index is -2.26. The van der Waals surface area contributed by atoms with Gasteiger partial charge in [-0.3, -0.25) is 0 Å². The second-order valence-electron chi connectivity index (χ2n) is 7.85. The van der Waals surface area contributed by atoms with E-state index in [0.717, 1.165) is 0 Å². The molecule has 3 N–H and O–H groups in total. The fraction of sp³-hybridized carbons (Fsp3) is 0. The molecular formula is C30H23CrN5O10Pb. The average molecular weight is 873 g/mol. The summed E-state index contributed by atoms with van der Waals surface area (Å²) >= 11 is -2.26. The summed E-state index contributed by atoms with van der Waals surface area (Å²) in [6.45, 7) is 0. The van der Waals surface area contributed by atoms with Gasteiger partial charge in [0.25, 0.3) is 0 Å². The third kappa shape index (κ3) is 16.4. The van der Waals surface area contributed by atoms with Crippen LogP contribution in [-0.4, -0.2) is 95.2 Å². The Balaban J connectivity index is 0.000000335. The van der Waals surface area contributed by atoms with Gasteiger partial charge in [-0.2, -0.15) is 0 Å². The first-order valence-corrected chi connectivity index (χ1v) is 15.8. The van der Waals surface area contributed by atoms with Gasteiger partial charge < -0.3 is 15.3 Å². The maximum Gasteiger partial charge on any atom is 0 e. The average Bonchev–Trinajstić information content (AvgIpc) is 3.11. The quantitative estimate of drug-likeness (QED) is 0.199. The predicted molar refractivity (Wildman–Crippen MR) is 159 cm³/mol. The third-order valence-corrected chi connectivity index (χ3v) is 6.76. The first-order chi connectivity index (χ1) is 22.2. The minimum Gasteiger partial charge on any atom is 0 e. The van der Waals surface area contributed by atoms with E-state index in [-0.39, 0.29) is 45.8 Å². The molecule has 0 aliphatic rings. The number of aromatic carboxylic acids is 3. The Hall–Kier alpha value is -5.45. The van der Waals surface area contributed by atoms with Gasteiger partial charge in [-0.1, -0.05) is 18.2 Å². The number of aromatic nitrogens is 5. The van der Waals surface area contributed by atoms with Gasteiger partial charge in [0.05, 0.1) is 0 Å². The first-order valence-electron chi connectivity index (χ1n) is 12.6. The van der Waals surface area contributed by atoms with Crippen LogP contribution >= 0.6 is 0 Å². The zero-order valence-electron chi connectivity index (χ0n) is 23.9. The van der Waals surface area contributed by atoms with Crippen molar-refractivity contribution in [2.45, 2.75) is 0 Å². The van der Waals surface area contributed by atoms with Gasteiger partial charge in [-0.05, 0) is 36.4 Å². The number of hydrogen-bond donors (Lipinski definition) is 3. The summed E-state index contributed by atoms with van der Waals surface area (Å²) in [6, 6.07) is 24.1. The Morgan fingerprint density at radius 2 is 0.660 bits per heavy atom. The van der Waals surface area contributed by atoms with E-state index in [1.54, 1.807) is 60.7 Å². The second-order valence-corrected chi connectivity index (χ2v) is 10.1. The Labute approximate surface area is 291 Å². The van der Waals surface area contributed by atoms with Crippen molar-refractivity contribution in [2.75, 3.05) is 0 Å². The summed E-state index contributed by atoms with van der Waals surface area (Å²) in [6.07, 6.45) is 7.32. The summed E-state index contributed by atoms with van der Waals surface area (Å²) in [5.41, 5.74) is 0.639. The van der Waals surface area contributed by atoms with E-state index < -0.39 is 55.0 Å². The van der Waals surface area contributed by atoms with E-state index in [1.807, 2.05) is 0 Å². The number of rotatable bonds is 7. The number of carbonyl (C=O) groups excluding carboxylic acids is 2. The van der Waals surface area contributed by atoms with Crippen molar-refractivity contribution in [3.05, 3.63) is 150 Å². The molecule has 2 radical (unpaired) electrons. The van der Waals surface area contributed by atoms with E-state index in [4.69, 9.17) is 20.7 Å². The Morgan fingerprint density at radius 3 is 0.830 bits per heavy atom.